The summed E-state index contributed by atoms with van der Waals surface area (Å²) in [5, 5.41) is 10.7. The van der Waals surface area contributed by atoms with Gasteiger partial charge in [-0.1, -0.05) is 0 Å². The molecule has 1 amide bonds. The lowest BCUT2D eigenvalue weighted by Crippen LogP contribution is -2.32. The molecule has 1 fully saturated rings. The zero-order valence-electron chi connectivity index (χ0n) is 12.0. The van der Waals surface area contributed by atoms with Gasteiger partial charge < -0.3 is 10.6 Å². The van der Waals surface area contributed by atoms with Crippen molar-refractivity contribution >= 4 is 17.2 Å². The largest absolute Gasteiger partial charge is 0.346 e. The standard InChI is InChI=1S/C14H19N5OS/c1-10-13(21-9-17-10)8-16-14(20)12-4-6-19(18-12)11-3-2-5-15-7-11/h4,6,9,11,15H,2-3,5,7-8H2,1H3,(H,16,20)/t11-/m1/s1. The summed E-state index contributed by atoms with van der Waals surface area (Å²) < 4.78 is 1.90. The Kier molecular flexibility index (Phi) is 4.31. The van der Waals surface area contributed by atoms with Crippen LogP contribution in [0.15, 0.2) is 17.8 Å². The van der Waals surface area contributed by atoms with E-state index in [4.69, 9.17) is 0 Å². The average Bonchev–Trinajstić information content (AvgIpc) is 3.15. The maximum Gasteiger partial charge on any atom is 0.272 e. The molecule has 1 aliphatic heterocycles. The Bertz CT molecular complexity index is 614. The molecule has 112 valence electrons. The number of rotatable bonds is 4. The number of carbonyl (C=O) groups is 1. The van der Waals surface area contributed by atoms with Gasteiger partial charge in [-0.15, -0.1) is 11.3 Å². The van der Waals surface area contributed by atoms with E-state index in [1.54, 1.807) is 22.9 Å². The number of aryl methyl sites for hydroxylation is 1. The van der Waals surface area contributed by atoms with Crippen molar-refractivity contribution in [1.82, 2.24) is 25.4 Å². The van der Waals surface area contributed by atoms with Crippen molar-refractivity contribution in [3.05, 3.63) is 34.0 Å². The molecule has 0 aliphatic carbocycles. The van der Waals surface area contributed by atoms with Gasteiger partial charge in [0.05, 0.1) is 23.8 Å². The molecular formula is C14H19N5OS. The van der Waals surface area contributed by atoms with Gasteiger partial charge in [0.2, 0.25) is 0 Å². The molecule has 0 unspecified atom stereocenters. The molecule has 0 aromatic carbocycles. The molecule has 7 heteroatoms. The monoisotopic (exact) mass is 305 g/mol. The third-order valence-electron chi connectivity index (χ3n) is 3.74. The molecule has 21 heavy (non-hydrogen) atoms. The second kappa shape index (κ2) is 6.36. The van der Waals surface area contributed by atoms with Crippen molar-refractivity contribution in [3.8, 4) is 0 Å². The van der Waals surface area contributed by atoms with Gasteiger partial charge in [0.1, 0.15) is 5.69 Å². The summed E-state index contributed by atoms with van der Waals surface area (Å²) in [6, 6.07) is 2.13. The van der Waals surface area contributed by atoms with Crippen LogP contribution in [0.4, 0.5) is 0 Å². The fraction of sp³-hybridized carbons (Fsp3) is 0.500. The van der Waals surface area contributed by atoms with Gasteiger partial charge >= 0.3 is 0 Å². The smallest absolute Gasteiger partial charge is 0.272 e. The first kappa shape index (κ1) is 14.2. The maximum absolute atomic E-state index is 12.1. The molecule has 3 rings (SSSR count). The van der Waals surface area contributed by atoms with Gasteiger partial charge in [-0.25, -0.2) is 4.98 Å². The second-order valence-corrected chi connectivity index (χ2v) is 6.16. The Hall–Kier alpha value is -1.73. The summed E-state index contributed by atoms with van der Waals surface area (Å²) in [4.78, 5) is 17.4. The highest BCUT2D eigenvalue weighted by molar-refractivity contribution is 7.09. The highest BCUT2D eigenvalue weighted by Crippen LogP contribution is 2.16. The van der Waals surface area contributed by atoms with Crippen molar-refractivity contribution in [2.24, 2.45) is 0 Å². The molecule has 1 atom stereocenters. The topological polar surface area (TPSA) is 71.8 Å². The van der Waals surface area contributed by atoms with E-state index >= 15 is 0 Å². The molecule has 2 aromatic rings. The average molecular weight is 305 g/mol. The van der Waals surface area contributed by atoms with Crippen LogP contribution in [0, 0.1) is 6.92 Å². The third-order valence-corrected chi connectivity index (χ3v) is 4.68. The minimum absolute atomic E-state index is 0.134. The van der Waals surface area contributed by atoms with E-state index in [1.165, 1.54) is 0 Å². The van der Waals surface area contributed by atoms with Crippen LogP contribution < -0.4 is 10.6 Å². The van der Waals surface area contributed by atoms with Gasteiger partial charge in [0.15, 0.2) is 0 Å². The maximum atomic E-state index is 12.1. The van der Waals surface area contributed by atoms with Crippen LogP contribution in [-0.2, 0) is 6.54 Å². The molecule has 0 bridgehead atoms. The van der Waals surface area contributed by atoms with Gasteiger partial charge in [-0.3, -0.25) is 9.48 Å². The molecule has 1 saturated heterocycles. The normalized spacial score (nSPS) is 18.6. The number of thiazole rings is 1. The van der Waals surface area contributed by atoms with E-state index in [0.717, 1.165) is 36.5 Å². The fourth-order valence-electron chi connectivity index (χ4n) is 2.47. The number of amides is 1. The zero-order valence-corrected chi connectivity index (χ0v) is 12.8. The van der Waals surface area contributed by atoms with Crippen molar-refractivity contribution < 1.29 is 4.79 Å². The van der Waals surface area contributed by atoms with E-state index < -0.39 is 0 Å². The number of carbonyl (C=O) groups excluding carboxylic acids is 1. The van der Waals surface area contributed by atoms with E-state index in [-0.39, 0.29) is 5.91 Å². The van der Waals surface area contributed by atoms with Gasteiger partial charge in [0.25, 0.3) is 5.91 Å². The van der Waals surface area contributed by atoms with E-state index in [0.29, 0.717) is 18.3 Å². The lowest BCUT2D eigenvalue weighted by molar-refractivity contribution is 0.0945. The van der Waals surface area contributed by atoms with Gasteiger partial charge in [0, 0.05) is 17.6 Å². The highest BCUT2D eigenvalue weighted by atomic mass is 32.1. The summed E-state index contributed by atoms with van der Waals surface area (Å²) in [5.41, 5.74) is 3.24. The number of hydrogen-bond acceptors (Lipinski definition) is 5. The first-order valence-electron chi connectivity index (χ1n) is 7.17. The lowest BCUT2D eigenvalue weighted by Gasteiger charge is -2.22. The second-order valence-electron chi connectivity index (χ2n) is 5.22. The Balaban J connectivity index is 1.60. The Labute approximate surface area is 127 Å². The first-order chi connectivity index (χ1) is 10.2. The van der Waals surface area contributed by atoms with Crippen LogP contribution in [0.25, 0.3) is 0 Å². The van der Waals surface area contributed by atoms with Crippen LogP contribution in [0.2, 0.25) is 0 Å². The van der Waals surface area contributed by atoms with E-state index in [2.05, 4.69) is 20.7 Å². The molecule has 1 aliphatic rings. The van der Waals surface area contributed by atoms with Crippen LogP contribution in [0.5, 0.6) is 0 Å². The summed E-state index contributed by atoms with van der Waals surface area (Å²) >= 11 is 1.55. The summed E-state index contributed by atoms with van der Waals surface area (Å²) in [6.07, 6.45) is 4.15. The fourth-order valence-corrected chi connectivity index (χ4v) is 3.19. The summed E-state index contributed by atoms with van der Waals surface area (Å²) in [5.74, 6) is -0.134. The van der Waals surface area contributed by atoms with Crippen LogP contribution >= 0.6 is 11.3 Å². The Morgan fingerprint density at radius 3 is 3.24 bits per heavy atom. The third kappa shape index (κ3) is 3.30. The zero-order chi connectivity index (χ0) is 14.7. The minimum atomic E-state index is -0.134. The van der Waals surface area contributed by atoms with Crippen molar-refractivity contribution in [2.45, 2.75) is 32.4 Å². The molecular weight excluding hydrogens is 286 g/mol. The predicted octanol–water partition coefficient (Wildman–Crippen LogP) is 1.50. The summed E-state index contributed by atoms with van der Waals surface area (Å²) in [7, 11) is 0. The van der Waals surface area contributed by atoms with Crippen LogP contribution in [0.3, 0.4) is 0 Å². The molecule has 0 saturated carbocycles. The Morgan fingerprint density at radius 1 is 1.62 bits per heavy atom. The van der Waals surface area contributed by atoms with Crippen molar-refractivity contribution in [3.63, 3.8) is 0 Å². The number of aromatic nitrogens is 3. The molecule has 0 radical (unpaired) electrons. The van der Waals surface area contributed by atoms with E-state index in [9.17, 15) is 4.79 Å². The molecule has 3 heterocycles. The molecule has 2 N–H and O–H groups in total. The molecule has 6 nitrogen and oxygen atoms in total. The van der Waals surface area contributed by atoms with E-state index in [1.807, 2.05) is 17.8 Å². The number of hydrogen-bond donors (Lipinski definition) is 2. The quantitative estimate of drug-likeness (QED) is 0.898. The lowest BCUT2D eigenvalue weighted by atomic mass is 10.1. The number of nitrogens with one attached hydrogen (secondary N) is 2. The SMILES string of the molecule is Cc1ncsc1CNC(=O)c1ccn([C@@H]2CCCNC2)n1. The van der Waals surface area contributed by atoms with Crippen molar-refractivity contribution in [1.29, 1.82) is 0 Å². The van der Waals surface area contributed by atoms with Gasteiger partial charge in [-0.2, -0.15) is 5.10 Å². The molecule has 0 spiro atoms. The minimum Gasteiger partial charge on any atom is -0.346 e. The number of piperidine rings is 1. The van der Waals surface area contributed by atoms with Crippen LogP contribution in [-0.4, -0.2) is 33.8 Å². The Morgan fingerprint density at radius 2 is 2.52 bits per heavy atom. The highest BCUT2D eigenvalue weighted by Gasteiger charge is 2.17. The van der Waals surface area contributed by atoms with Crippen molar-refractivity contribution in [2.75, 3.05) is 13.1 Å². The number of nitrogens with zero attached hydrogens (tertiary/aromatic N) is 3. The predicted molar refractivity (Wildman–Crippen MR) is 81.4 cm³/mol. The first-order valence-corrected chi connectivity index (χ1v) is 8.05. The molecule has 2 aromatic heterocycles. The van der Waals surface area contributed by atoms with Gasteiger partial charge in [-0.05, 0) is 32.4 Å². The summed E-state index contributed by atoms with van der Waals surface area (Å²) in [6.45, 7) is 4.44. The van der Waals surface area contributed by atoms with Crippen LogP contribution in [0.1, 0.15) is 39.9 Å².